The fraction of sp³-hybridized carbons (Fsp3) is 0.0870. The molecule has 4 rings (SSSR count). The van der Waals surface area contributed by atoms with Crippen molar-refractivity contribution in [2.75, 3.05) is 5.32 Å². The van der Waals surface area contributed by atoms with Crippen molar-refractivity contribution in [3.8, 4) is 11.5 Å². The van der Waals surface area contributed by atoms with Gasteiger partial charge in [-0.05, 0) is 55.5 Å². The minimum absolute atomic E-state index is 0.319. The summed E-state index contributed by atoms with van der Waals surface area (Å²) in [5.74, 6) is -0.0259. The van der Waals surface area contributed by atoms with E-state index in [0.29, 0.717) is 28.3 Å². The summed E-state index contributed by atoms with van der Waals surface area (Å²) >= 11 is 0. The number of hydrogen-bond donors (Lipinski definition) is 1. The molecule has 6 heteroatoms. The minimum atomic E-state index is -0.942. The maximum absolute atomic E-state index is 12.6. The van der Waals surface area contributed by atoms with Crippen molar-refractivity contribution >= 4 is 23.4 Å². The van der Waals surface area contributed by atoms with Crippen molar-refractivity contribution in [2.24, 2.45) is 0 Å². The van der Waals surface area contributed by atoms with E-state index in [4.69, 9.17) is 4.74 Å². The predicted octanol–water partition coefficient (Wildman–Crippen LogP) is 4.10. The molecule has 1 atom stereocenters. The average Bonchev–Trinajstić information content (AvgIpc) is 3.00. The second-order valence-corrected chi connectivity index (χ2v) is 6.63. The number of nitrogens with one attached hydrogen (secondary N) is 1. The summed E-state index contributed by atoms with van der Waals surface area (Å²) in [4.78, 5) is 38.7. The molecule has 1 N–H and O–H groups in total. The Labute approximate surface area is 167 Å². The predicted molar refractivity (Wildman–Crippen MR) is 108 cm³/mol. The Kier molecular flexibility index (Phi) is 4.83. The molecule has 3 amide bonds. The topological polar surface area (TPSA) is 75.7 Å². The number of fused-ring (bicyclic) bond motifs is 1. The molecule has 1 aliphatic rings. The van der Waals surface area contributed by atoms with E-state index in [1.807, 2.05) is 30.3 Å². The standard InChI is InChI=1S/C23H18N2O4/c1-15(25-22(27)19-9-5-6-10-20(19)23(25)28)21(26)24-16-11-13-18(14-12-16)29-17-7-3-2-4-8-17/h2-15H,1H3,(H,24,26)/t15-/m1/s1. The zero-order valence-corrected chi connectivity index (χ0v) is 15.7. The summed E-state index contributed by atoms with van der Waals surface area (Å²) in [7, 11) is 0. The minimum Gasteiger partial charge on any atom is -0.457 e. The van der Waals surface area contributed by atoms with Crippen molar-refractivity contribution in [3.05, 3.63) is 90.0 Å². The maximum atomic E-state index is 12.6. The van der Waals surface area contributed by atoms with Gasteiger partial charge in [0.1, 0.15) is 17.5 Å². The van der Waals surface area contributed by atoms with Gasteiger partial charge in [0.05, 0.1) is 11.1 Å². The van der Waals surface area contributed by atoms with Crippen LogP contribution in [-0.2, 0) is 4.79 Å². The first kappa shape index (κ1) is 18.4. The van der Waals surface area contributed by atoms with Crippen LogP contribution in [0.15, 0.2) is 78.9 Å². The summed E-state index contributed by atoms with van der Waals surface area (Å²) in [5, 5.41) is 2.74. The number of ether oxygens (including phenoxy) is 1. The molecule has 1 heterocycles. The second-order valence-electron chi connectivity index (χ2n) is 6.63. The summed E-state index contributed by atoms with van der Waals surface area (Å²) in [5.41, 5.74) is 1.18. The number of para-hydroxylation sites is 1. The molecule has 0 fully saturated rings. The third kappa shape index (κ3) is 3.60. The SMILES string of the molecule is C[C@H](C(=O)Nc1ccc(Oc2ccccc2)cc1)N1C(=O)c2ccccc2C1=O. The van der Waals surface area contributed by atoms with Crippen LogP contribution < -0.4 is 10.1 Å². The molecule has 0 saturated heterocycles. The Hall–Kier alpha value is -3.93. The fourth-order valence-corrected chi connectivity index (χ4v) is 3.15. The van der Waals surface area contributed by atoms with Crippen LogP contribution >= 0.6 is 0 Å². The maximum Gasteiger partial charge on any atom is 0.262 e. The normalized spacial score (nSPS) is 13.8. The van der Waals surface area contributed by atoms with Gasteiger partial charge in [0.2, 0.25) is 5.91 Å². The zero-order chi connectivity index (χ0) is 20.4. The number of rotatable bonds is 5. The molecule has 3 aromatic carbocycles. The second kappa shape index (κ2) is 7.59. The molecule has 6 nitrogen and oxygen atoms in total. The highest BCUT2D eigenvalue weighted by Gasteiger charge is 2.40. The van der Waals surface area contributed by atoms with Crippen LogP contribution in [0.1, 0.15) is 27.6 Å². The van der Waals surface area contributed by atoms with E-state index in [0.717, 1.165) is 4.90 Å². The van der Waals surface area contributed by atoms with Crippen LogP contribution in [0.25, 0.3) is 0 Å². The van der Waals surface area contributed by atoms with Gasteiger partial charge in [-0.3, -0.25) is 19.3 Å². The molecule has 1 aliphatic heterocycles. The zero-order valence-electron chi connectivity index (χ0n) is 15.7. The molecule has 0 spiro atoms. The van der Waals surface area contributed by atoms with Gasteiger partial charge < -0.3 is 10.1 Å². The summed E-state index contributed by atoms with van der Waals surface area (Å²) < 4.78 is 5.72. The van der Waals surface area contributed by atoms with Gasteiger partial charge in [-0.1, -0.05) is 30.3 Å². The monoisotopic (exact) mass is 386 g/mol. The number of hydrogen-bond acceptors (Lipinski definition) is 4. The van der Waals surface area contributed by atoms with Gasteiger partial charge in [0.25, 0.3) is 11.8 Å². The van der Waals surface area contributed by atoms with Crippen molar-refractivity contribution in [3.63, 3.8) is 0 Å². The van der Waals surface area contributed by atoms with Crippen molar-refractivity contribution in [1.29, 1.82) is 0 Å². The van der Waals surface area contributed by atoms with Crippen molar-refractivity contribution in [2.45, 2.75) is 13.0 Å². The number of carbonyl (C=O) groups is 3. The van der Waals surface area contributed by atoms with Crippen LogP contribution in [0, 0.1) is 0 Å². The first-order valence-corrected chi connectivity index (χ1v) is 9.15. The number of anilines is 1. The highest BCUT2D eigenvalue weighted by molar-refractivity contribution is 6.23. The molecule has 0 radical (unpaired) electrons. The fourth-order valence-electron chi connectivity index (χ4n) is 3.15. The van der Waals surface area contributed by atoms with E-state index in [-0.39, 0.29) is 0 Å². The highest BCUT2D eigenvalue weighted by atomic mass is 16.5. The number of nitrogens with zero attached hydrogens (tertiary/aromatic N) is 1. The van der Waals surface area contributed by atoms with Gasteiger partial charge in [-0.15, -0.1) is 0 Å². The molecule has 0 bridgehead atoms. The first-order chi connectivity index (χ1) is 14.0. The molecule has 0 unspecified atom stereocenters. The van der Waals surface area contributed by atoms with Crippen molar-refractivity contribution < 1.29 is 19.1 Å². The number of carbonyl (C=O) groups excluding carboxylic acids is 3. The Balaban J connectivity index is 1.43. The van der Waals surface area contributed by atoms with Gasteiger partial charge in [0.15, 0.2) is 0 Å². The van der Waals surface area contributed by atoms with Crippen LogP contribution in [0.3, 0.4) is 0 Å². The number of benzene rings is 3. The molecule has 0 aliphatic carbocycles. The van der Waals surface area contributed by atoms with E-state index in [9.17, 15) is 14.4 Å². The molecular weight excluding hydrogens is 368 g/mol. The van der Waals surface area contributed by atoms with Crippen LogP contribution in [0.4, 0.5) is 5.69 Å². The third-order valence-corrected chi connectivity index (χ3v) is 4.69. The van der Waals surface area contributed by atoms with Crippen LogP contribution in [0.5, 0.6) is 11.5 Å². The molecule has 0 aromatic heterocycles. The molecule has 144 valence electrons. The van der Waals surface area contributed by atoms with E-state index >= 15 is 0 Å². The van der Waals surface area contributed by atoms with Crippen LogP contribution in [0.2, 0.25) is 0 Å². The lowest BCUT2D eigenvalue weighted by Gasteiger charge is -2.21. The molecule has 0 saturated carbocycles. The Morgan fingerprint density at radius 2 is 1.31 bits per heavy atom. The number of imide groups is 1. The summed E-state index contributed by atoms with van der Waals surface area (Å²) in [6, 6.07) is 21.8. The largest absolute Gasteiger partial charge is 0.457 e. The van der Waals surface area contributed by atoms with E-state index in [1.54, 1.807) is 48.5 Å². The van der Waals surface area contributed by atoms with Gasteiger partial charge in [-0.25, -0.2) is 0 Å². The smallest absolute Gasteiger partial charge is 0.262 e. The quantitative estimate of drug-likeness (QED) is 0.670. The molecule has 29 heavy (non-hydrogen) atoms. The number of amides is 3. The summed E-state index contributed by atoms with van der Waals surface area (Å²) in [6.07, 6.45) is 0. The molecular formula is C23H18N2O4. The summed E-state index contributed by atoms with van der Waals surface area (Å²) in [6.45, 7) is 1.53. The van der Waals surface area contributed by atoms with E-state index < -0.39 is 23.8 Å². The Morgan fingerprint density at radius 3 is 1.90 bits per heavy atom. The van der Waals surface area contributed by atoms with Gasteiger partial charge >= 0.3 is 0 Å². The average molecular weight is 386 g/mol. The van der Waals surface area contributed by atoms with E-state index in [2.05, 4.69) is 5.32 Å². The third-order valence-electron chi connectivity index (χ3n) is 4.69. The van der Waals surface area contributed by atoms with E-state index in [1.165, 1.54) is 6.92 Å². The Bertz CT molecular complexity index is 1040. The first-order valence-electron chi connectivity index (χ1n) is 9.15. The molecule has 3 aromatic rings. The lowest BCUT2D eigenvalue weighted by molar-refractivity contribution is -0.119. The lowest BCUT2D eigenvalue weighted by atomic mass is 10.1. The highest BCUT2D eigenvalue weighted by Crippen LogP contribution is 2.26. The van der Waals surface area contributed by atoms with Crippen molar-refractivity contribution in [1.82, 2.24) is 4.90 Å². The van der Waals surface area contributed by atoms with Gasteiger partial charge in [0, 0.05) is 5.69 Å². The van der Waals surface area contributed by atoms with Crippen LogP contribution in [-0.4, -0.2) is 28.7 Å². The van der Waals surface area contributed by atoms with Gasteiger partial charge in [-0.2, -0.15) is 0 Å². The Morgan fingerprint density at radius 1 is 0.793 bits per heavy atom. The lowest BCUT2D eigenvalue weighted by Crippen LogP contribution is -2.45.